The Morgan fingerprint density at radius 3 is 2.88 bits per heavy atom. The number of carbonyl (C=O) groups excluding carboxylic acids is 1. The first-order chi connectivity index (χ1) is 7.73. The van der Waals surface area contributed by atoms with Crippen LogP contribution in [0.4, 0.5) is 0 Å². The molecule has 4 heteroatoms. The van der Waals surface area contributed by atoms with E-state index in [0.29, 0.717) is 13.2 Å². The summed E-state index contributed by atoms with van der Waals surface area (Å²) in [7, 11) is 0. The van der Waals surface area contributed by atoms with Crippen LogP contribution in [0.5, 0.6) is 0 Å². The van der Waals surface area contributed by atoms with Crippen LogP contribution in [0, 0.1) is 0 Å². The first-order valence-corrected chi connectivity index (χ1v) is 5.85. The van der Waals surface area contributed by atoms with Gasteiger partial charge in [0.1, 0.15) is 0 Å². The highest BCUT2D eigenvalue weighted by Crippen LogP contribution is 2.33. The molecule has 1 unspecified atom stereocenters. The summed E-state index contributed by atoms with van der Waals surface area (Å²) >= 11 is 0. The molecule has 2 rings (SSSR count). The van der Waals surface area contributed by atoms with Gasteiger partial charge in [0, 0.05) is 13.3 Å². The van der Waals surface area contributed by atoms with Gasteiger partial charge >= 0.3 is 5.97 Å². The van der Waals surface area contributed by atoms with Gasteiger partial charge in [0.2, 0.25) is 5.79 Å². The summed E-state index contributed by atoms with van der Waals surface area (Å²) in [5.41, 5.74) is 0. The number of esters is 1. The van der Waals surface area contributed by atoms with Gasteiger partial charge in [-0.15, -0.1) is 0 Å². The zero-order chi connectivity index (χ0) is 11.4. The maximum Gasteiger partial charge on any atom is 0.303 e. The molecule has 0 saturated carbocycles. The molecule has 1 spiro atoms. The molecular weight excluding hydrogens is 208 g/mol. The maximum absolute atomic E-state index is 11.1. The normalized spacial score (nSPS) is 34.7. The molecule has 4 nitrogen and oxygen atoms in total. The van der Waals surface area contributed by atoms with Gasteiger partial charge in [0.25, 0.3) is 0 Å². The molecule has 2 aliphatic heterocycles. The summed E-state index contributed by atoms with van der Waals surface area (Å²) in [4.78, 5) is 11.1. The molecule has 0 amide bonds. The van der Waals surface area contributed by atoms with Crippen LogP contribution in [0.2, 0.25) is 0 Å². The second-order valence-corrected chi connectivity index (χ2v) is 4.21. The van der Waals surface area contributed by atoms with Crippen molar-refractivity contribution in [3.05, 3.63) is 12.2 Å². The van der Waals surface area contributed by atoms with Crippen molar-refractivity contribution in [1.82, 2.24) is 0 Å². The quantitative estimate of drug-likeness (QED) is 0.505. The fourth-order valence-electron chi connectivity index (χ4n) is 2.18. The van der Waals surface area contributed by atoms with Crippen molar-refractivity contribution in [1.29, 1.82) is 0 Å². The predicted octanol–water partition coefficient (Wildman–Crippen LogP) is 1.79. The average Bonchev–Trinajstić information content (AvgIpc) is 2.44. The lowest BCUT2D eigenvalue weighted by Crippen LogP contribution is -2.50. The molecule has 2 heterocycles. The van der Waals surface area contributed by atoms with E-state index < -0.39 is 11.9 Å². The van der Waals surface area contributed by atoms with Gasteiger partial charge in [0.05, 0.1) is 13.2 Å². The van der Waals surface area contributed by atoms with Crippen molar-refractivity contribution in [2.45, 2.75) is 44.5 Å². The van der Waals surface area contributed by atoms with Crippen LogP contribution < -0.4 is 0 Å². The Morgan fingerprint density at radius 2 is 2.19 bits per heavy atom. The molecule has 0 radical (unpaired) electrons. The van der Waals surface area contributed by atoms with E-state index in [0.717, 1.165) is 25.7 Å². The maximum atomic E-state index is 11.1. The molecule has 2 atom stereocenters. The predicted molar refractivity (Wildman–Crippen MR) is 57.8 cm³/mol. The lowest BCUT2D eigenvalue weighted by atomic mass is 9.99. The molecule has 1 saturated heterocycles. The summed E-state index contributed by atoms with van der Waals surface area (Å²) < 4.78 is 16.8. The summed E-state index contributed by atoms with van der Waals surface area (Å²) in [6.45, 7) is 2.70. The number of hydrogen-bond acceptors (Lipinski definition) is 4. The zero-order valence-corrected chi connectivity index (χ0v) is 9.61. The van der Waals surface area contributed by atoms with Crippen molar-refractivity contribution in [2.75, 3.05) is 13.2 Å². The smallest absolute Gasteiger partial charge is 0.303 e. The Labute approximate surface area is 95.6 Å². The van der Waals surface area contributed by atoms with E-state index in [1.165, 1.54) is 6.92 Å². The fourth-order valence-corrected chi connectivity index (χ4v) is 2.18. The minimum Gasteiger partial charge on any atom is -0.453 e. The van der Waals surface area contributed by atoms with Gasteiger partial charge in [-0.3, -0.25) is 4.79 Å². The van der Waals surface area contributed by atoms with Gasteiger partial charge in [-0.2, -0.15) is 0 Å². The molecule has 0 N–H and O–H groups in total. The summed E-state index contributed by atoms with van der Waals surface area (Å²) in [5, 5.41) is 0. The highest BCUT2D eigenvalue weighted by atomic mass is 16.7. The van der Waals surface area contributed by atoms with Crippen molar-refractivity contribution >= 4 is 5.97 Å². The van der Waals surface area contributed by atoms with Gasteiger partial charge in [0.15, 0.2) is 6.10 Å². The lowest BCUT2D eigenvalue weighted by Gasteiger charge is -2.40. The second kappa shape index (κ2) is 4.97. The van der Waals surface area contributed by atoms with Crippen molar-refractivity contribution < 1.29 is 19.0 Å². The van der Waals surface area contributed by atoms with Gasteiger partial charge in [-0.1, -0.05) is 6.08 Å². The van der Waals surface area contributed by atoms with Crippen LogP contribution in [0.15, 0.2) is 12.2 Å². The van der Waals surface area contributed by atoms with E-state index in [9.17, 15) is 4.79 Å². The van der Waals surface area contributed by atoms with E-state index in [1.807, 2.05) is 12.2 Å². The SMILES string of the molecule is CC(=O)O[C@@H]1C=CCCOC12CCCCO2. The summed E-state index contributed by atoms with van der Waals surface area (Å²) in [6.07, 6.45) is 7.18. The third-order valence-electron chi connectivity index (χ3n) is 2.93. The lowest BCUT2D eigenvalue weighted by molar-refractivity contribution is -0.289. The first-order valence-electron chi connectivity index (χ1n) is 5.85. The van der Waals surface area contributed by atoms with Gasteiger partial charge in [-0.05, 0) is 25.3 Å². The second-order valence-electron chi connectivity index (χ2n) is 4.21. The van der Waals surface area contributed by atoms with Gasteiger partial charge in [-0.25, -0.2) is 0 Å². The standard InChI is InChI=1S/C12H18O4/c1-10(13)16-11-6-2-4-8-14-12(11)7-3-5-9-15-12/h2,6,11H,3-5,7-9H2,1H3/t11-,12?/m1/s1. The summed E-state index contributed by atoms with van der Waals surface area (Å²) in [6, 6.07) is 0. The number of hydrogen-bond donors (Lipinski definition) is 0. The number of carbonyl (C=O) groups is 1. The average molecular weight is 226 g/mol. The van der Waals surface area contributed by atoms with E-state index in [2.05, 4.69) is 0 Å². The topological polar surface area (TPSA) is 44.8 Å². The fraction of sp³-hybridized carbons (Fsp3) is 0.750. The van der Waals surface area contributed by atoms with Crippen LogP contribution in [0.1, 0.15) is 32.6 Å². The Balaban J connectivity index is 2.15. The molecule has 16 heavy (non-hydrogen) atoms. The zero-order valence-electron chi connectivity index (χ0n) is 9.61. The molecule has 0 aromatic heterocycles. The van der Waals surface area contributed by atoms with Crippen molar-refractivity contribution in [2.24, 2.45) is 0 Å². The Kier molecular flexibility index (Phi) is 3.61. The van der Waals surface area contributed by atoms with E-state index in [-0.39, 0.29) is 5.97 Å². The minimum atomic E-state index is -0.739. The molecule has 0 aromatic rings. The molecule has 1 fully saturated rings. The minimum absolute atomic E-state index is 0.298. The number of ether oxygens (including phenoxy) is 3. The van der Waals surface area contributed by atoms with Crippen LogP contribution in [0.25, 0.3) is 0 Å². The highest BCUT2D eigenvalue weighted by molar-refractivity contribution is 5.66. The molecule has 2 aliphatic rings. The van der Waals surface area contributed by atoms with Crippen LogP contribution in [-0.2, 0) is 19.0 Å². The largest absolute Gasteiger partial charge is 0.453 e. The van der Waals surface area contributed by atoms with E-state index in [4.69, 9.17) is 14.2 Å². The molecule has 0 bridgehead atoms. The Bertz CT molecular complexity index is 279. The Morgan fingerprint density at radius 1 is 1.38 bits per heavy atom. The molecule has 0 aliphatic carbocycles. The van der Waals surface area contributed by atoms with Crippen LogP contribution in [-0.4, -0.2) is 31.1 Å². The molecule has 0 aromatic carbocycles. The van der Waals surface area contributed by atoms with Crippen molar-refractivity contribution in [3.63, 3.8) is 0 Å². The number of rotatable bonds is 1. The van der Waals surface area contributed by atoms with Crippen molar-refractivity contribution in [3.8, 4) is 0 Å². The van der Waals surface area contributed by atoms with Gasteiger partial charge < -0.3 is 14.2 Å². The third-order valence-corrected chi connectivity index (χ3v) is 2.93. The monoisotopic (exact) mass is 226 g/mol. The molecular formula is C12H18O4. The first kappa shape index (κ1) is 11.6. The Hall–Kier alpha value is -0.870. The highest BCUT2D eigenvalue weighted by Gasteiger charge is 2.44. The van der Waals surface area contributed by atoms with E-state index >= 15 is 0 Å². The molecule has 90 valence electrons. The van der Waals surface area contributed by atoms with E-state index in [1.54, 1.807) is 0 Å². The van der Waals surface area contributed by atoms with Crippen LogP contribution in [0.3, 0.4) is 0 Å². The third kappa shape index (κ3) is 2.44. The summed E-state index contributed by atoms with van der Waals surface area (Å²) in [5.74, 6) is -1.04. The van der Waals surface area contributed by atoms with Crippen LogP contribution >= 0.6 is 0 Å².